The number of nitrogens with zero attached hydrogens (tertiary/aromatic N) is 1. The maximum atomic E-state index is 4.91. The van der Waals surface area contributed by atoms with Crippen LogP contribution in [-0.2, 0) is 0 Å². The van der Waals surface area contributed by atoms with E-state index in [1.54, 1.807) is 0 Å². The first-order chi connectivity index (χ1) is 9.68. The Morgan fingerprint density at radius 3 is 1.62 bits per heavy atom. The maximum absolute atomic E-state index is 4.91. The summed E-state index contributed by atoms with van der Waals surface area (Å²) in [6.07, 6.45) is 0. The largest absolute Gasteiger partial charge is 0.253 e. The molecule has 0 saturated heterocycles. The van der Waals surface area contributed by atoms with Crippen LogP contribution >= 0.6 is 15.9 Å². The van der Waals surface area contributed by atoms with Crippen LogP contribution in [0, 0.1) is 55.4 Å². The molecule has 2 rings (SSSR count). The van der Waals surface area contributed by atoms with E-state index in [1.165, 1.54) is 49.0 Å². The van der Waals surface area contributed by atoms with Gasteiger partial charge in [-0.3, -0.25) is 4.98 Å². The predicted molar refractivity (Wildman–Crippen MR) is 95.3 cm³/mol. The lowest BCUT2D eigenvalue weighted by atomic mass is 9.90. The van der Waals surface area contributed by atoms with Crippen molar-refractivity contribution in [3.63, 3.8) is 0 Å². The Kier molecular flexibility index (Phi) is 4.30. The fraction of sp³-hybridized carbons (Fsp3) is 0.421. The Morgan fingerprint density at radius 2 is 1.05 bits per heavy atom. The summed E-state index contributed by atoms with van der Waals surface area (Å²) in [5.74, 6) is 0. The van der Waals surface area contributed by atoms with Crippen LogP contribution in [0.25, 0.3) is 11.3 Å². The Balaban J connectivity index is 2.93. The van der Waals surface area contributed by atoms with Crippen LogP contribution in [0.15, 0.2) is 4.47 Å². The van der Waals surface area contributed by atoms with E-state index in [-0.39, 0.29) is 0 Å². The highest BCUT2D eigenvalue weighted by atomic mass is 79.9. The van der Waals surface area contributed by atoms with Crippen LogP contribution in [-0.4, -0.2) is 4.98 Å². The van der Waals surface area contributed by atoms with Gasteiger partial charge in [-0.15, -0.1) is 0 Å². The van der Waals surface area contributed by atoms with Crippen molar-refractivity contribution in [3.05, 3.63) is 49.1 Å². The molecule has 2 aromatic rings. The summed E-state index contributed by atoms with van der Waals surface area (Å²) in [6.45, 7) is 17.4. The lowest BCUT2D eigenvalue weighted by Gasteiger charge is -2.20. The topological polar surface area (TPSA) is 12.9 Å². The van der Waals surface area contributed by atoms with Gasteiger partial charge in [0.15, 0.2) is 0 Å². The molecule has 112 valence electrons. The van der Waals surface area contributed by atoms with E-state index in [9.17, 15) is 0 Å². The van der Waals surface area contributed by atoms with Crippen LogP contribution in [0.5, 0.6) is 0 Å². The van der Waals surface area contributed by atoms with Gasteiger partial charge in [-0.25, -0.2) is 0 Å². The molecule has 1 nitrogen and oxygen atoms in total. The smallest absolute Gasteiger partial charge is 0.0751 e. The molecule has 0 radical (unpaired) electrons. The second-order valence-corrected chi connectivity index (χ2v) is 6.90. The van der Waals surface area contributed by atoms with Crippen molar-refractivity contribution in [2.45, 2.75) is 55.4 Å². The first-order valence-electron chi connectivity index (χ1n) is 7.39. The van der Waals surface area contributed by atoms with Crippen LogP contribution < -0.4 is 0 Å². The van der Waals surface area contributed by atoms with Gasteiger partial charge >= 0.3 is 0 Å². The fourth-order valence-electron chi connectivity index (χ4n) is 2.86. The van der Waals surface area contributed by atoms with Crippen LogP contribution in [0.3, 0.4) is 0 Å². The summed E-state index contributed by atoms with van der Waals surface area (Å²) in [7, 11) is 0. The predicted octanol–water partition coefficient (Wildman–Crippen LogP) is 5.98. The van der Waals surface area contributed by atoms with E-state index in [0.717, 1.165) is 11.4 Å². The van der Waals surface area contributed by atoms with Crippen molar-refractivity contribution < 1.29 is 0 Å². The SMILES string of the molecule is Cc1nc(-c2c(C)c(C)c(C)c(C)c2Br)c(C)c(C)c1C. The number of pyridine rings is 1. The van der Waals surface area contributed by atoms with E-state index in [1.807, 2.05) is 0 Å². The quantitative estimate of drug-likeness (QED) is 0.619. The number of hydrogen-bond acceptors (Lipinski definition) is 1. The minimum atomic E-state index is 1.12. The van der Waals surface area contributed by atoms with Gasteiger partial charge in [0, 0.05) is 15.7 Å². The molecule has 0 fully saturated rings. The van der Waals surface area contributed by atoms with Crippen LogP contribution in [0.4, 0.5) is 0 Å². The summed E-state index contributed by atoms with van der Waals surface area (Å²) in [4.78, 5) is 4.91. The summed E-state index contributed by atoms with van der Waals surface area (Å²) in [5.41, 5.74) is 12.8. The molecule has 0 atom stereocenters. The molecule has 1 aromatic heterocycles. The van der Waals surface area contributed by atoms with E-state index in [2.05, 4.69) is 71.3 Å². The lowest BCUT2D eigenvalue weighted by molar-refractivity contribution is 1.08. The molecular formula is C19H24BrN. The van der Waals surface area contributed by atoms with E-state index in [0.29, 0.717) is 0 Å². The van der Waals surface area contributed by atoms with Crippen molar-refractivity contribution in [1.29, 1.82) is 0 Å². The second-order valence-electron chi connectivity index (χ2n) is 6.11. The summed E-state index contributed by atoms with van der Waals surface area (Å²) in [6, 6.07) is 0. The Labute approximate surface area is 136 Å². The zero-order valence-corrected chi connectivity index (χ0v) is 15.9. The molecule has 0 bridgehead atoms. The summed E-state index contributed by atoms with van der Waals surface area (Å²) < 4.78 is 1.18. The standard InChI is InChI=1S/C19H24BrN/c1-9-10(2)14(6)18(20)17(13(9)5)19-15(7)11(3)12(4)16(8)21-19/h1-8H3. The summed E-state index contributed by atoms with van der Waals surface area (Å²) in [5, 5.41) is 0. The zero-order chi connectivity index (χ0) is 16.1. The van der Waals surface area contributed by atoms with Gasteiger partial charge in [-0.2, -0.15) is 0 Å². The third kappa shape index (κ3) is 2.44. The lowest BCUT2D eigenvalue weighted by Crippen LogP contribution is -2.04. The van der Waals surface area contributed by atoms with Gasteiger partial charge in [0.05, 0.1) is 5.69 Å². The molecule has 0 aliphatic heterocycles. The molecule has 21 heavy (non-hydrogen) atoms. The number of hydrogen-bond donors (Lipinski definition) is 0. The van der Waals surface area contributed by atoms with Gasteiger partial charge in [0.1, 0.15) is 0 Å². The maximum Gasteiger partial charge on any atom is 0.0751 e. The minimum Gasteiger partial charge on any atom is -0.253 e. The molecule has 1 aromatic carbocycles. The van der Waals surface area contributed by atoms with Crippen LogP contribution in [0.1, 0.15) is 44.6 Å². The highest BCUT2D eigenvalue weighted by Crippen LogP contribution is 2.39. The third-order valence-corrected chi connectivity index (χ3v) is 6.14. The normalized spacial score (nSPS) is 11.1. The molecule has 0 aliphatic carbocycles. The number of halogens is 1. The first-order valence-corrected chi connectivity index (χ1v) is 8.18. The molecule has 2 heteroatoms. The highest BCUT2D eigenvalue weighted by Gasteiger charge is 2.19. The number of aromatic nitrogens is 1. The Morgan fingerprint density at radius 1 is 0.571 bits per heavy atom. The highest BCUT2D eigenvalue weighted by molar-refractivity contribution is 9.10. The van der Waals surface area contributed by atoms with Crippen molar-refractivity contribution in [2.24, 2.45) is 0 Å². The van der Waals surface area contributed by atoms with Gasteiger partial charge in [-0.1, -0.05) is 0 Å². The minimum absolute atomic E-state index is 1.12. The average Bonchev–Trinajstić information content (AvgIpc) is 2.46. The number of rotatable bonds is 1. The van der Waals surface area contributed by atoms with E-state index in [4.69, 9.17) is 4.98 Å². The molecule has 0 unspecified atom stereocenters. The van der Waals surface area contributed by atoms with Gasteiger partial charge in [-0.05, 0) is 110 Å². The second kappa shape index (κ2) is 5.57. The Bertz CT molecular complexity index is 713. The van der Waals surface area contributed by atoms with Crippen molar-refractivity contribution >= 4 is 15.9 Å². The molecule has 1 heterocycles. The number of benzene rings is 1. The average molecular weight is 346 g/mol. The van der Waals surface area contributed by atoms with E-state index < -0.39 is 0 Å². The number of aryl methyl sites for hydroxylation is 1. The first kappa shape index (κ1) is 16.2. The fourth-order valence-corrected chi connectivity index (χ4v) is 3.64. The van der Waals surface area contributed by atoms with Crippen LogP contribution in [0.2, 0.25) is 0 Å². The monoisotopic (exact) mass is 345 g/mol. The van der Waals surface area contributed by atoms with Gasteiger partial charge < -0.3 is 0 Å². The van der Waals surface area contributed by atoms with Gasteiger partial charge in [0.2, 0.25) is 0 Å². The Hall–Kier alpha value is -1.15. The van der Waals surface area contributed by atoms with Crippen molar-refractivity contribution in [2.75, 3.05) is 0 Å². The molecular weight excluding hydrogens is 322 g/mol. The van der Waals surface area contributed by atoms with Crippen molar-refractivity contribution in [1.82, 2.24) is 4.98 Å². The summed E-state index contributed by atoms with van der Waals surface area (Å²) >= 11 is 3.81. The zero-order valence-electron chi connectivity index (χ0n) is 14.3. The molecule has 0 aliphatic rings. The van der Waals surface area contributed by atoms with Gasteiger partial charge in [0.25, 0.3) is 0 Å². The molecule has 0 N–H and O–H groups in total. The third-order valence-electron chi connectivity index (χ3n) is 5.15. The molecule has 0 spiro atoms. The molecule has 0 amide bonds. The molecule has 0 saturated carbocycles. The van der Waals surface area contributed by atoms with Crippen molar-refractivity contribution in [3.8, 4) is 11.3 Å². The van der Waals surface area contributed by atoms with E-state index >= 15 is 0 Å².